The first-order valence-electron chi connectivity index (χ1n) is 6.88. The molecule has 1 fully saturated rings. The zero-order valence-corrected chi connectivity index (χ0v) is 12.1. The summed E-state index contributed by atoms with van der Waals surface area (Å²) in [5.74, 6) is -0.695. The molecule has 5 heteroatoms. The molecule has 108 valence electrons. The van der Waals surface area contributed by atoms with Crippen molar-refractivity contribution in [3.63, 3.8) is 0 Å². The van der Waals surface area contributed by atoms with Gasteiger partial charge in [0.2, 0.25) is 5.78 Å². The van der Waals surface area contributed by atoms with Crippen molar-refractivity contribution in [3.05, 3.63) is 29.3 Å². The van der Waals surface area contributed by atoms with Gasteiger partial charge in [-0.05, 0) is 32.3 Å². The van der Waals surface area contributed by atoms with E-state index in [1.54, 1.807) is 0 Å². The molecule has 0 aromatic carbocycles. The van der Waals surface area contributed by atoms with Gasteiger partial charge >= 0.3 is 5.71 Å². The van der Waals surface area contributed by atoms with Gasteiger partial charge in [-0.25, -0.2) is 0 Å². The highest BCUT2D eigenvalue weighted by atomic mass is 16.7. The van der Waals surface area contributed by atoms with Crippen LogP contribution >= 0.6 is 0 Å². The average Bonchev–Trinajstić information content (AvgIpc) is 2.72. The second kappa shape index (κ2) is 5.83. The van der Waals surface area contributed by atoms with Gasteiger partial charge in [-0.1, -0.05) is 18.2 Å². The standard InChI is InChI=1S/C15H20N2O3/c1-10(17-16)12(18)8-4-6-11-7-5-9-13-14(11)20-15(2,3)19-13/h5,7,9,13-14H,4,6,8H2,1-3H3. The number of allylic oxidation sites excluding steroid dienone is 2. The Morgan fingerprint density at radius 1 is 1.45 bits per heavy atom. The number of rotatable bonds is 5. The summed E-state index contributed by atoms with van der Waals surface area (Å²) in [7, 11) is 0. The Bertz CT molecular complexity index is 513. The molecule has 0 spiro atoms. The Labute approximate surface area is 118 Å². The predicted molar refractivity (Wildman–Crippen MR) is 74.2 cm³/mol. The number of hydrogen-bond acceptors (Lipinski definition) is 3. The van der Waals surface area contributed by atoms with Crippen molar-refractivity contribution in [2.45, 2.75) is 58.0 Å². The lowest BCUT2D eigenvalue weighted by molar-refractivity contribution is -0.139. The Morgan fingerprint density at radius 3 is 2.90 bits per heavy atom. The molecule has 1 aliphatic heterocycles. The zero-order valence-electron chi connectivity index (χ0n) is 12.1. The Kier molecular flexibility index (Phi) is 4.33. The summed E-state index contributed by atoms with van der Waals surface area (Å²) < 4.78 is 11.7. The minimum absolute atomic E-state index is 0.0403. The van der Waals surface area contributed by atoms with Crippen molar-refractivity contribution < 1.29 is 19.1 Å². The van der Waals surface area contributed by atoms with Crippen LogP contribution in [0.4, 0.5) is 0 Å². The molecule has 2 aliphatic rings. The fraction of sp³-hybridized carbons (Fsp3) is 0.600. The minimum Gasteiger partial charge on any atom is -0.361 e. The molecule has 1 saturated heterocycles. The molecule has 0 amide bonds. The predicted octanol–water partition coefficient (Wildman–Crippen LogP) is 2.43. The van der Waals surface area contributed by atoms with Crippen LogP contribution in [0.2, 0.25) is 0 Å². The van der Waals surface area contributed by atoms with Crippen LogP contribution < -0.4 is 0 Å². The third-order valence-electron chi connectivity index (χ3n) is 3.53. The third kappa shape index (κ3) is 3.31. The number of hydrogen-bond donors (Lipinski definition) is 0. The SMILES string of the molecule is CC(=[N+]=[N-])C(=O)CCCC1=CC=CC2OC(C)(C)OC12. The van der Waals surface area contributed by atoms with E-state index in [9.17, 15) is 4.79 Å². The molecule has 0 aromatic rings. The summed E-state index contributed by atoms with van der Waals surface area (Å²) in [6.45, 7) is 5.32. The van der Waals surface area contributed by atoms with E-state index in [2.05, 4.69) is 4.79 Å². The zero-order chi connectivity index (χ0) is 14.8. The summed E-state index contributed by atoms with van der Waals surface area (Å²) in [5.41, 5.74) is 9.85. The highest BCUT2D eigenvalue weighted by Crippen LogP contribution is 2.36. The molecule has 20 heavy (non-hydrogen) atoms. The fourth-order valence-electron chi connectivity index (χ4n) is 2.52. The second-order valence-electron chi connectivity index (χ2n) is 5.61. The van der Waals surface area contributed by atoms with E-state index in [1.807, 2.05) is 32.1 Å². The average molecular weight is 276 g/mol. The molecule has 0 radical (unpaired) electrons. The Balaban J connectivity index is 1.90. The molecular formula is C15H20N2O3. The van der Waals surface area contributed by atoms with Crippen LogP contribution in [0.15, 0.2) is 23.8 Å². The van der Waals surface area contributed by atoms with E-state index in [0.717, 1.165) is 12.0 Å². The number of fused-ring (bicyclic) bond motifs is 1. The van der Waals surface area contributed by atoms with Crippen LogP contribution in [0.5, 0.6) is 0 Å². The van der Waals surface area contributed by atoms with E-state index >= 15 is 0 Å². The van der Waals surface area contributed by atoms with Crippen LogP contribution in [0.25, 0.3) is 5.53 Å². The van der Waals surface area contributed by atoms with Crippen LogP contribution in [0.1, 0.15) is 40.0 Å². The van der Waals surface area contributed by atoms with E-state index in [-0.39, 0.29) is 23.7 Å². The number of carbonyl (C=O) groups excluding carboxylic acids is 1. The van der Waals surface area contributed by atoms with Gasteiger partial charge in [0.25, 0.3) is 0 Å². The highest BCUT2D eigenvalue weighted by molar-refractivity contribution is 6.36. The van der Waals surface area contributed by atoms with Crippen LogP contribution in [0.3, 0.4) is 0 Å². The summed E-state index contributed by atoms with van der Waals surface area (Å²) in [6.07, 6.45) is 7.76. The van der Waals surface area contributed by atoms with E-state index in [0.29, 0.717) is 12.8 Å². The molecule has 0 bridgehead atoms. The van der Waals surface area contributed by atoms with E-state index in [1.165, 1.54) is 6.92 Å². The molecular weight excluding hydrogens is 256 g/mol. The van der Waals surface area contributed by atoms with Crippen molar-refractivity contribution >= 4 is 11.5 Å². The largest absolute Gasteiger partial charge is 0.361 e. The first kappa shape index (κ1) is 14.9. The molecule has 2 unspecified atom stereocenters. The van der Waals surface area contributed by atoms with Gasteiger partial charge in [0.05, 0.1) is 0 Å². The maximum Gasteiger partial charge on any atom is 0.331 e. The molecule has 2 rings (SSSR count). The quantitative estimate of drug-likeness (QED) is 0.440. The number of ether oxygens (including phenoxy) is 2. The molecule has 1 heterocycles. The number of Topliss-reactive ketones (excluding diaryl/α,β-unsaturated/α-hetero) is 1. The second-order valence-corrected chi connectivity index (χ2v) is 5.61. The monoisotopic (exact) mass is 276 g/mol. The van der Waals surface area contributed by atoms with Crippen molar-refractivity contribution in [1.29, 1.82) is 0 Å². The minimum atomic E-state index is -0.570. The number of carbonyl (C=O) groups is 1. The molecule has 0 saturated carbocycles. The smallest absolute Gasteiger partial charge is 0.331 e. The van der Waals surface area contributed by atoms with Gasteiger partial charge in [0.15, 0.2) is 5.79 Å². The van der Waals surface area contributed by atoms with Gasteiger partial charge in [0, 0.05) is 13.3 Å². The van der Waals surface area contributed by atoms with E-state index < -0.39 is 5.79 Å². The van der Waals surface area contributed by atoms with Gasteiger partial charge in [-0.2, -0.15) is 4.79 Å². The molecule has 5 nitrogen and oxygen atoms in total. The van der Waals surface area contributed by atoms with Crippen molar-refractivity contribution in [2.75, 3.05) is 0 Å². The summed E-state index contributed by atoms with van der Waals surface area (Å²) >= 11 is 0. The van der Waals surface area contributed by atoms with E-state index in [4.69, 9.17) is 15.0 Å². The first-order chi connectivity index (χ1) is 9.43. The maximum atomic E-state index is 11.6. The van der Waals surface area contributed by atoms with Crippen molar-refractivity contribution in [1.82, 2.24) is 0 Å². The Hall–Kier alpha value is -1.55. The van der Waals surface area contributed by atoms with Crippen molar-refractivity contribution in [2.24, 2.45) is 0 Å². The summed E-state index contributed by atoms with van der Waals surface area (Å²) in [6, 6.07) is 0. The molecule has 0 N–H and O–H groups in total. The highest BCUT2D eigenvalue weighted by Gasteiger charge is 2.42. The van der Waals surface area contributed by atoms with Crippen LogP contribution in [0, 0.1) is 0 Å². The lowest BCUT2D eigenvalue weighted by atomic mass is 9.94. The topological polar surface area (TPSA) is 71.9 Å². The summed E-state index contributed by atoms with van der Waals surface area (Å²) in [4.78, 5) is 14.5. The molecule has 1 aliphatic carbocycles. The number of nitrogens with zero attached hydrogens (tertiary/aromatic N) is 2. The third-order valence-corrected chi connectivity index (χ3v) is 3.53. The van der Waals surface area contributed by atoms with Gasteiger partial charge in [-0.3, -0.25) is 4.79 Å². The fourth-order valence-corrected chi connectivity index (χ4v) is 2.52. The van der Waals surface area contributed by atoms with Crippen LogP contribution in [-0.4, -0.2) is 34.3 Å². The first-order valence-corrected chi connectivity index (χ1v) is 6.88. The number of ketones is 1. The van der Waals surface area contributed by atoms with Crippen LogP contribution in [-0.2, 0) is 14.3 Å². The van der Waals surface area contributed by atoms with Gasteiger partial charge < -0.3 is 15.0 Å². The van der Waals surface area contributed by atoms with Crippen molar-refractivity contribution in [3.8, 4) is 0 Å². The van der Waals surface area contributed by atoms with Gasteiger partial charge in [-0.15, -0.1) is 0 Å². The lowest BCUT2D eigenvalue weighted by Gasteiger charge is -2.20. The molecule has 2 atom stereocenters. The normalized spacial score (nSPS) is 26.6. The lowest BCUT2D eigenvalue weighted by Crippen LogP contribution is -2.25. The summed E-state index contributed by atoms with van der Waals surface area (Å²) in [5, 5.41) is 0. The van der Waals surface area contributed by atoms with Gasteiger partial charge in [0.1, 0.15) is 12.2 Å². The molecule has 0 aromatic heterocycles. The Morgan fingerprint density at radius 2 is 2.20 bits per heavy atom. The maximum absolute atomic E-state index is 11.6.